The van der Waals surface area contributed by atoms with Gasteiger partial charge in [-0.25, -0.2) is 0 Å². The summed E-state index contributed by atoms with van der Waals surface area (Å²) in [6, 6.07) is 9.92. The van der Waals surface area contributed by atoms with Gasteiger partial charge in [-0.15, -0.1) is 0 Å². The Morgan fingerprint density at radius 3 is 2.36 bits per heavy atom. The zero-order valence-corrected chi connectivity index (χ0v) is 14.7. The maximum Gasteiger partial charge on any atom is 0.309 e. The van der Waals surface area contributed by atoms with Gasteiger partial charge >= 0.3 is 11.9 Å². The summed E-state index contributed by atoms with van der Waals surface area (Å²) < 4.78 is 5.61. The molecule has 1 aromatic rings. The van der Waals surface area contributed by atoms with Crippen molar-refractivity contribution in [2.75, 3.05) is 6.61 Å². The molecule has 0 heterocycles. The van der Waals surface area contributed by atoms with E-state index >= 15 is 0 Å². The van der Waals surface area contributed by atoms with Gasteiger partial charge in [0.25, 0.3) is 0 Å². The Labute approximate surface area is 149 Å². The summed E-state index contributed by atoms with van der Waals surface area (Å²) in [5, 5.41) is 19.0. The number of carboxylic acid groups (broad SMARTS) is 2. The Balaban J connectivity index is 1.71. The first-order valence-corrected chi connectivity index (χ1v) is 9.11. The second kappa shape index (κ2) is 9.56. The second-order valence-electron chi connectivity index (χ2n) is 7.07. The molecule has 0 saturated heterocycles. The van der Waals surface area contributed by atoms with Gasteiger partial charge in [0.05, 0.1) is 17.9 Å². The van der Waals surface area contributed by atoms with Crippen LogP contribution in [-0.4, -0.2) is 28.8 Å². The molecule has 1 atom stereocenters. The number of benzene rings is 1. The highest BCUT2D eigenvalue weighted by atomic mass is 16.5. The van der Waals surface area contributed by atoms with Crippen LogP contribution in [0.25, 0.3) is 0 Å². The van der Waals surface area contributed by atoms with Crippen LogP contribution in [0.4, 0.5) is 0 Å². The third-order valence-electron chi connectivity index (χ3n) is 5.20. The van der Waals surface area contributed by atoms with Crippen molar-refractivity contribution >= 4 is 11.9 Å². The van der Waals surface area contributed by atoms with Crippen molar-refractivity contribution in [1.29, 1.82) is 0 Å². The number of aliphatic carboxylic acids is 2. The first kappa shape index (κ1) is 19.4. The van der Waals surface area contributed by atoms with Crippen molar-refractivity contribution in [2.24, 2.45) is 11.3 Å². The first-order chi connectivity index (χ1) is 12.0. The Kier molecular flexibility index (Phi) is 7.44. The highest BCUT2D eigenvalue weighted by Gasteiger charge is 2.44. The van der Waals surface area contributed by atoms with Crippen LogP contribution in [0, 0.1) is 11.3 Å². The van der Waals surface area contributed by atoms with Gasteiger partial charge in [-0.2, -0.15) is 0 Å². The van der Waals surface area contributed by atoms with Gasteiger partial charge in [0.2, 0.25) is 0 Å². The standard InChI is InChI=1S/C20H28O5/c21-18(22)17(14-20(19(23)24)11-5-6-12-20)10-4-7-13-25-15-16-8-2-1-3-9-16/h1-3,8-9,17H,4-7,10-15H2,(H,21,22)(H,23,24). The largest absolute Gasteiger partial charge is 0.481 e. The number of hydrogen-bond acceptors (Lipinski definition) is 3. The summed E-state index contributed by atoms with van der Waals surface area (Å²) in [5.74, 6) is -2.29. The quantitative estimate of drug-likeness (QED) is 0.588. The summed E-state index contributed by atoms with van der Waals surface area (Å²) in [6.45, 7) is 1.15. The molecule has 0 amide bonds. The summed E-state index contributed by atoms with van der Waals surface area (Å²) in [6.07, 6.45) is 5.26. The van der Waals surface area contributed by atoms with Gasteiger partial charge in [-0.1, -0.05) is 49.6 Å². The maximum atomic E-state index is 11.6. The monoisotopic (exact) mass is 348 g/mol. The molecule has 25 heavy (non-hydrogen) atoms. The highest BCUT2D eigenvalue weighted by molar-refractivity contribution is 5.77. The Hall–Kier alpha value is -1.88. The molecule has 1 aliphatic rings. The van der Waals surface area contributed by atoms with Crippen molar-refractivity contribution in [1.82, 2.24) is 0 Å². The molecule has 5 heteroatoms. The third-order valence-corrected chi connectivity index (χ3v) is 5.20. The lowest BCUT2D eigenvalue weighted by atomic mass is 9.76. The third kappa shape index (κ3) is 5.85. The van der Waals surface area contributed by atoms with E-state index in [0.717, 1.165) is 31.2 Å². The van der Waals surface area contributed by atoms with Crippen LogP contribution in [0.15, 0.2) is 30.3 Å². The number of hydrogen-bond donors (Lipinski definition) is 2. The molecule has 1 fully saturated rings. The van der Waals surface area contributed by atoms with Crippen LogP contribution in [-0.2, 0) is 20.9 Å². The molecular weight excluding hydrogens is 320 g/mol. The average Bonchev–Trinajstić information content (AvgIpc) is 3.07. The molecule has 0 bridgehead atoms. The summed E-state index contributed by atoms with van der Waals surface area (Å²) in [4.78, 5) is 23.2. The van der Waals surface area contributed by atoms with Crippen molar-refractivity contribution in [3.8, 4) is 0 Å². The van der Waals surface area contributed by atoms with Crippen LogP contribution < -0.4 is 0 Å². The molecule has 0 spiro atoms. The SMILES string of the molecule is O=C(O)C(CCCCOCc1ccccc1)CC1(C(=O)O)CCCC1. The lowest BCUT2D eigenvalue weighted by Crippen LogP contribution is -2.32. The molecule has 2 N–H and O–H groups in total. The average molecular weight is 348 g/mol. The van der Waals surface area contributed by atoms with E-state index in [4.69, 9.17) is 4.74 Å². The lowest BCUT2D eigenvalue weighted by Gasteiger charge is -2.27. The van der Waals surface area contributed by atoms with Gasteiger partial charge in [0.1, 0.15) is 0 Å². The molecule has 2 rings (SSSR count). The smallest absolute Gasteiger partial charge is 0.309 e. The van der Waals surface area contributed by atoms with E-state index in [0.29, 0.717) is 32.5 Å². The fraction of sp³-hybridized carbons (Fsp3) is 0.600. The maximum absolute atomic E-state index is 11.6. The molecule has 1 aromatic carbocycles. The van der Waals surface area contributed by atoms with E-state index in [1.54, 1.807) is 0 Å². The summed E-state index contributed by atoms with van der Waals surface area (Å²) >= 11 is 0. The van der Waals surface area contributed by atoms with Crippen molar-refractivity contribution in [3.63, 3.8) is 0 Å². The number of unbranched alkanes of at least 4 members (excludes halogenated alkanes) is 1. The summed E-state index contributed by atoms with van der Waals surface area (Å²) in [5.41, 5.74) is 0.294. The van der Waals surface area contributed by atoms with Gasteiger partial charge in [-0.05, 0) is 37.7 Å². The number of carbonyl (C=O) groups is 2. The molecule has 138 valence electrons. The first-order valence-electron chi connectivity index (χ1n) is 9.11. The van der Waals surface area contributed by atoms with Crippen LogP contribution in [0.5, 0.6) is 0 Å². The Morgan fingerprint density at radius 2 is 1.76 bits per heavy atom. The number of carboxylic acids is 2. The molecule has 1 saturated carbocycles. The minimum atomic E-state index is -0.877. The molecule has 1 unspecified atom stereocenters. The summed E-state index contributed by atoms with van der Waals surface area (Å²) in [7, 11) is 0. The molecule has 0 aromatic heterocycles. The fourth-order valence-electron chi connectivity index (χ4n) is 3.70. The molecular formula is C20H28O5. The van der Waals surface area contributed by atoms with Crippen LogP contribution in [0.3, 0.4) is 0 Å². The fourth-order valence-corrected chi connectivity index (χ4v) is 3.70. The van der Waals surface area contributed by atoms with Gasteiger partial charge < -0.3 is 14.9 Å². The second-order valence-corrected chi connectivity index (χ2v) is 7.07. The normalized spacial score (nSPS) is 17.3. The molecule has 0 aliphatic heterocycles. The van der Waals surface area contributed by atoms with Gasteiger partial charge in [0.15, 0.2) is 0 Å². The Bertz CT molecular complexity index is 548. The van der Waals surface area contributed by atoms with E-state index in [1.807, 2.05) is 30.3 Å². The van der Waals surface area contributed by atoms with Crippen LogP contribution in [0.1, 0.15) is 56.9 Å². The van der Waals surface area contributed by atoms with E-state index in [-0.39, 0.29) is 6.42 Å². The molecule has 5 nitrogen and oxygen atoms in total. The zero-order chi connectivity index (χ0) is 18.1. The minimum absolute atomic E-state index is 0.253. The number of rotatable bonds is 11. The topological polar surface area (TPSA) is 83.8 Å². The van der Waals surface area contributed by atoms with Crippen molar-refractivity contribution < 1.29 is 24.5 Å². The molecule has 1 aliphatic carbocycles. The zero-order valence-electron chi connectivity index (χ0n) is 14.7. The molecule has 0 radical (unpaired) electrons. The van der Waals surface area contributed by atoms with Crippen LogP contribution in [0.2, 0.25) is 0 Å². The van der Waals surface area contributed by atoms with Gasteiger partial charge in [-0.3, -0.25) is 9.59 Å². The van der Waals surface area contributed by atoms with E-state index in [2.05, 4.69) is 0 Å². The van der Waals surface area contributed by atoms with Gasteiger partial charge in [0, 0.05) is 6.61 Å². The number of ether oxygens (including phenoxy) is 1. The van der Waals surface area contributed by atoms with Crippen molar-refractivity contribution in [2.45, 2.75) is 58.0 Å². The Morgan fingerprint density at radius 1 is 1.08 bits per heavy atom. The van der Waals surface area contributed by atoms with E-state index in [1.165, 1.54) is 0 Å². The predicted molar refractivity (Wildman–Crippen MR) is 94.2 cm³/mol. The van der Waals surface area contributed by atoms with E-state index in [9.17, 15) is 19.8 Å². The van der Waals surface area contributed by atoms with Crippen LogP contribution >= 0.6 is 0 Å². The lowest BCUT2D eigenvalue weighted by molar-refractivity contribution is -0.152. The predicted octanol–water partition coefficient (Wildman–Crippen LogP) is 4.11. The highest BCUT2D eigenvalue weighted by Crippen LogP contribution is 2.44. The van der Waals surface area contributed by atoms with E-state index < -0.39 is 23.3 Å². The van der Waals surface area contributed by atoms with Crippen molar-refractivity contribution in [3.05, 3.63) is 35.9 Å². The minimum Gasteiger partial charge on any atom is -0.481 e.